The smallest absolute Gasteiger partial charge is 0.258 e. The maximum absolute atomic E-state index is 10.9. The zero-order chi connectivity index (χ0) is 22.5. The molecule has 6 heteroatoms. The van der Waals surface area contributed by atoms with Crippen molar-refractivity contribution >= 4 is 11.8 Å². The van der Waals surface area contributed by atoms with Crippen LogP contribution in [0.25, 0.3) is 11.1 Å². The fraction of sp³-hybridized carbons (Fsp3) is 0.269. The first-order chi connectivity index (χ1) is 15.5. The number of pyridine rings is 1. The molecule has 32 heavy (non-hydrogen) atoms. The van der Waals surface area contributed by atoms with Crippen LogP contribution in [0.2, 0.25) is 0 Å². The van der Waals surface area contributed by atoms with Gasteiger partial charge in [-0.2, -0.15) is 0 Å². The summed E-state index contributed by atoms with van der Waals surface area (Å²) < 4.78 is 11.6. The van der Waals surface area contributed by atoms with Gasteiger partial charge in [0.25, 0.3) is 11.8 Å². The Hall–Kier alpha value is -3.67. The topological polar surface area (TPSA) is 77.5 Å². The van der Waals surface area contributed by atoms with Gasteiger partial charge < -0.3 is 9.47 Å². The van der Waals surface area contributed by atoms with Crippen molar-refractivity contribution in [2.24, 2.45) is 5.92 Å². The van der Waals surface area contributed by atoms with Gasteiger partial charge in [-0.05, 0) is 54.7 Å². The molecule has 0 radical (unpaired) electrons. The number of nitrogens with one attached hydrogen (secondary N) is 1. The van der Waals surface area contributed by atoms with Crippen LogP contribution in [0.1, 0.15) is 53.0 Å². The largest absolute Gasteiger partial charge is 0.493 e. The van der Waals surface area contributed by atoms with E-state index in [-0.39, 0.29) is 11.8 Å². The van der Waals surface area contributed by atoms with E-state index in [4.69, 9.17) is 9.47 Å². The van der Waals surface area contributed by atoms with Crippen molar-refractivity contribution in [3.05, 3.63) is 77.6 Å². The van der Waals surface area contributed by atoms with Crippen LogP contribution in [-0.4, -0.2) is 23.4 Å². The molecule has 0 saturated heterocycles. The Bertz CT molecular complexity index is 1110. The normalized spacial score (nSPS) is 13.2. The van der Waals surface area contributed by atoms with Crippen molar-refractivity contribution in [2.45, 2.75) is 33.3 Å². The van der Waals surface area contributed by atoms with Crippen molar-refractivity contribution in [2.75, 3.05) is 6.61 Å². The van der Waals surface area contributed by atoms with E-state index in [1.165, 1.54) is 12.0 Å². The van der Waals surface area contributed by atoms with Crippen molar-refractivity contribution in [3.63, 3.8) is 0 Å². The van der Waals surface area contributed by atoms with Gasteiger partial charge in [-0.15, -0.1) is 0 Å². The lowest BCUT2D eigenvalue weighted by Gasteiger charge is -2.21. The highest BCUT2D eigenvalue weighted by Crippen LogP contribution is 2.39. The Morgan fingerprint density at radius 2 is 1.75 bits per heavy atom. The quantitative estimate of drug-likeness (QED) is 0.454. The molecule has 0 saturated carbocycles. The van der Waals surface area contributed by atoms with Gasteiger partial charge in [0.15, 0.2) is 0 Å². The third kappa shape index (κ3) is 4.80. The van der Waals surface area contributed by atoms with Crippen molar-refractivity contribution in [1.82, 2.24) is 10.3 Å². The molecule has 0 atom stereocenters. The van der Waals surface area contributed by atoms with Crippen LogP contribution in [0, 0.1) is 5.92 Å². The summed E-state index contributed by atoms with van der Waals surface area (Å²) in [6, 6.07) is 14.9. The minimum atomic E-state index is -0.300. The molecular formula is C26H26N2O4. The van der Waals surface area contributed by atoms with Gasteiger partial charge in [-0.1, -0.05) is 26.0 Å². The molecule has 0 unspecified atom stereocenters. The number of hydrogen-bond donors (Lipinski definition) is 1. The molecule has 2 aliphatic heterocycles. The van der Waals surface area contributed by atoms with Crippen molar-refractivity contribution in [3.8, 4) is 22.6 Å². The van der Waals surface area contributed by atoms with Crippen LogP contribution in [0.4, 0.5) is 0 Å². The van der Waals surface area contributed by atoms with Gasteiger partial charge in [0, 0.05) is 29.6 Å². The molecule has 6 nitrogen and oxygen atoms in total. The maximum atomic E-state index is 10.9. The van der Waals surface area contributed by atoms with E-state index in [1.54, 1.807) is 24.3 Å². The van der Waals surface area contributed by atoms with Crippen LogP contribution in [-0.2, 0) is 6.61 Å². The molecule has 2 amide bonds. The molecule has 1 aromatic heterocycles. The predicted octanol–water partition coefficient (Wildman–Crippen LogP) is 5.03. The molecular weight excluding hydrogens is 404 g/mol. The second-order valence-corrected chi connectivity index (χ2v) is 8.19. The molecule has 0 fully saturated rings. The monoisotopic (exact) mass is 430 g/mol. The molecule has 5 rings (SSSR count). The number of amides is 2. The van der Waals surface area contributed by atoms with Crippen molar-refractivity contribution < 1.29 is 19.1 Å². The van der Waals surface area contributed by atoms with Crippen LogP contribution in [0.5, 0.6) is 11.5 Å². The SMILES string of the molecule is CC(C)CCCOc1ccc2c(c1)OCc1cnccc1-2.O=C1NC(=O)c2ccccc21. The number of ether oxygens (including phenoxy) is 2. The average Bonchev–Trinajstić information content (AvgIpc) is 3.10. The molecule has 1 N–H and O–H groups in total. The molecule has 2 aromatic carbocycles. The Morgan fingerprint density at radius 1 is 1.00 bits per heavy atom. The lowest BCUT2D eigenvalue weighted by Crippen LogP contribution is -2.19. The summed E-state index contributed by atoms with van der Waals surface area (Å²) in [4.78, 5) is 26.0. The highest BCUT2D eigenvalue weighted by molar-refractivity contribution is 6.21. The Kier molecular flexibility index (Phi) is 6.50. The highest BCUT2D eigenvalue weighted by atomic mass is 16.5. The molecule has 3 heterocycles. The van der Waals surface area contributed by atoms with Gasteiger partial charge in [0.1, 0.15) is 18.1 Å². The number of rotatable bonds is 5. The van der Waals surface area contributed by atoms with E-state index in [2.05, 4.69) is 30.2 Å². The first-order valence-electron chi connectivity index (χ1n) is 10.8. The third-order valence-corrected chi connectivity index (χ3v) is 5.37. The summed E-state index contributed by atoms with van der Waals surface area (Å²) in [5, 5.41) is 2.20. The van der Waals surface area contributed by atoms with E-state index in [9.17, 15) is 9.59 Å². The molecule has 164 valence electrons. The zero-order valence-corrected chi connectivity index (χ0v) is 18.3. The lowest BCUT2D eigenvalue weighted by molar-refractivity contribution is 0.0879. The van der Waals surface area contributed by atoms with Crippen LogP contribution in [0.3, 0.4) is 0 Å². The summed E-state index contributed by atoms with van der Waals surface area (Å²) in [5.41, 5.74) is 4.40. The van der Waals surface area contributed by atoms with Crippen LogP contribution >= 0.6 is 0 Å². The fourth-order valence-electron chi connectivity index (χ4n) is 3.69. The maximum Gasteiger partial charge on any atom is 0.258 e. The average molecular weight is 431 g/mol. The summed E-state index contributed by atoms with van der Waals surface area (Å²) in [7, 11) is 0. The summed E-state index contributed by atoms with van der Waals surface area (Å²) in [6.07, 6.45) is 5.98. The number of aromatic nitrogens is 1. The van der Waals surface area contributed by atoms with E-state index in [1.807, 2.05) is 30.6 Å². The van der Waals surface area contributed by atoms with Gasteiger partial charge in [-0.25, -0.2) is 0 Å². The van der Waals surface area contributed by atoms with E-state index < -0.39 is 0 Å². The fourth-order valence-corrected chi connectivity index (χ4v) is 3.69. The lowest BCUT2D eigenvalue weighted by atomic mass is 9.99. The molecule has 0 bridgehead atoms. The summed E-state index contributed by atoms with van der Waals surface area (Å²) in [6.45, 7) is 5.81. The van der Waals surface area contributed by atoms with Crippen LogP contribution < -0.4 is 14.8 Å². The van der Waals surface area contributed by atoms with E-state index in [0.717, 1.165) is 41.6 Å². The van der Waals surface area contributed by atoms with Crippen LogP contribution in [0.15, 0.2) is 60.9 Å². The highest BCUT2D eigenvalue weighted by Gasteiger charge is 2.25. The first-order valence-corrected chi connectivity index (χ1v) is 10.8. The number of fused-ring (bicyclic) bond motifs is 4. The predicted molar refractivity (Wildman–Crippen MR) is 122 cm³/mol. The van der Waals surface area contributed by atoms with E-state index >= 15 is 0 Å². The summed E-state index contributed by atoms with van der Waals surface area (Å²) >= 11 is 0. The molecule has 0 spiro atoms. The van der Waals surface area contributed by atoms with Gasteiger partial charge in [0.05, 0.1) is 17.7 Å². The Labute approximate surface area is 187 Å². The minimum Gasteiger partial charge on any atom is -0.493 e. The summed E-state index contributed by atoms with van der Waals surface area (Å²) in [5.74, 6) is 1.91. The molecule has 0 aliphatic carbocycles. The third-order valence-electron chi connectivity index (χ3n) is 5.37. The second-order valence-electron chi connectivity index (χ2n) is 8.19. The number of carbonyl (C=O) groups excluding carboxylic acids is 2. The Balaban J connectivity index is 0.000000186. The zero-order valence-electron chi connectivity index (χ0n) is 18.3. The standard InChI is InChI=1S/C18H21NO2.C8H5NO2/c1-13(2)4-3-9-20-15-5-6-17-16-7-8-19-11-14(16)12-21-18(17)10-15;10-7-5-3-1-2-4-6(5)8(11)9-7/h5-8,10-11,13H,3-4,9,12H2,1-2H3;1-4H,(H,9,10,11). The van der Waals surface area contributed by atoms with Gasteiger partial charge >= 0.3 is 0 Å². The number of hydrogen-bond acceptors (Lipinski definition) is 5. The minimum absolute atomic E-state index is 0.300. The number of imide groups is 1. The van der Waals surface area contributed by atoms with Gasteiger partial charge in [-0.3, -0.25) is 19.9 Å². The molecule has 2 aliphatic rings. The van der Waals surface area contributed by atoms with Crippen molar-refractivity contribution in [1.29, 1.82) is 0 Å². The number of benzene rings is 2. The Morgan fingerprint density at radius 3 is 2.47 bits per heavy atom. The molecule has 3 aromatic rings. The second kappa shape index (κ2) is 9.64. The first kappa shape index (κ1) is 21.6. The van der Waals surface area contributed by atoms with Gasteiger partial charge in [0.2, 0.25) is 0 Å². The number of carbonyl (C=O) groups is 2. The number of nitrogens with zero attached hydrogens (tertiary/aromatic N) is 1. The van der Waals surface area contributed by atoms with E-state index in [0.29, 0.717) is 17.7 Å².